The first-order valence-electron chi connectivity index (χ1n) is 7.88. The third-order valence-electron chi connectivity index (χ3n) is 3.67. The molecule has 0 bridgehead atoms. The fraction of sp³-hybridized carbons (Fsp3) is 0.188. The number of hydrogen-bond donors (Lipinski definition) is 0. The molecule has 2 nitrogen and oxygen atoms in total. The first-order chi connectivity index (χ1) is 10.4. The van der Waals surface area contributed by atoms with Crippen molar-refractivity contribution in [3.05, 3.63) is 59.7 Å². The second-order valence-corrected chi connectivity index (χ2v) is 4.93. The van der Waals surface area contributed by atoms with Gasteiger partial charge in [-0.2, -0.15) is 0 Å². The van der Waals surface area contributed by atoms with E-state index in [9.17, 15) is 0 Å². The monoisotopic (exact) mass is 252 g/mol. The van der Waals surface area contributed by atoms with Gasteiger partial charge in [-0.3, -0.25) is 0 Å². The highest BCUT2D eigenvalue weighted by molar-refractivity contribution is 6.80. The summed E-state index contributed by atoms with van der Waals surface area (Å²) in [4.78, 5) is 2.21. The molecular weight excluding hydrogens is 231 g/mol. The highest BCUT2D eigenvalue weighted by Gasteiger charge is 2.31. The lowest BCUT2D eigenvalue weighted by molar-refractivity contribution is -0.654. The molecule has 0 aliphatic carbocycles. The molecule has 1 aromatic heterocycles. The van der Waals surface area contributed by atoms with Crippen LogP contribution in [0, 0.1) is 6.85 Å². The summed E-state index contributed by atoms with van der Waals surface area (Å²) in [5, 5.41) is 0. The first-order valence-corrected chi connectivity index (χ1v) is 6.38. The Bertz CT molecular complexity index is 740. The maximum Gasteiger partial charge on any atom is 0.396 e. The molecular formula is C16H18BN2+. The molecule has 0 atom stereocenters. The maximum atomic E-state index is 7.52. The maximum absolute atomic E-state index is 7.52. The van der Waals surface area contributed by atoms with Crippen molar-refractivity contribution in [2.75, 3.05) is 11.9 Å². The summed E-state index contributed by atoms with van der Waals surface area (Å²) in [5.41, 5.74) is 3.79. The lowest BCUT2D eigenvalue weighted by atomic mass is 9.55. The van der Waals surface area contributed by atoms with Crippen molar-refractivity contribution in [1.29, 1.82) is 0 Å². The van der Waals surface area contributed by atoms with Crippen LogP contribution in [0.25, 0.3) is 6.08 Å². The number of aromatic nitrogens is 1. The van der Waals surface area contributed by atoms with Crippen LogP contribution >= 0.6 is 0 Å². The van der Waals surface area contributed by atoms with E-state index in [-0.39, 0.29) is 6.85 Å². The van der Waals surface area contributed by atoms with Gasteiger partial charge in [0.2, 0.25) is 0 Å². The standard InChI is InChI=1S/C16H18BN2/c1-13-8-9-16(18(2)12-13)17-11-10-14-6-4-5-7-15(14)19(17)3/h4-12H,1-3H3/q+1/i1D3. The number of fused-ring (bicyclic) bond motifs is 1. The second-order valence-electron chi connectivity index (χ2n) is 4.93. The Balaban J connectivity index is 2.00. The van der Waals surface area contributed by atoms with Crippen LogP contribution in [-0.4, -0.2) is 13.9 Å². The number of para-hydroxylation sites is 1. The molecule has 2 aromatic rings. The van der Waals surface area contributed by atoms with Crippen LogP contribution in [0.15, 0.2) is 48.6 Å². The van der Waals surface area contributed by atoms with Gasteiger partial charge in [-0.05, 0) is 37.7 Å². The van der Waals surface area contributed by atoms with Crippen molar-refractivity contribution in [2.24, 2.45) is 7.05 Å². The Kier molecular flexibility index (Phi) is 2.16. The Morgan fingerprint density at radius 3 is 2.84 bits per heavy atom. The van der Waals surface area contributed by atoms with Crippen molar-refractivity contribution in [2.45, 2.75) is 6.85 Å². The molecule has 3 rings (SSSR count). The van der Waals surface area contributed by atoms with Gasteiger partial charge in [0.25, 0.3) is 0 Å². The van der Waals surface area contributed by atoms with Crippen molar-refractivity contribution in [3.8, 4) is 0 Å². The van der Waals surface area contributed by atoms with Gasteiger partial charge in [0.1, 0.15) is 7.05 Å². The van der Waals surface area contributed by atoms with E-state index in [4.69, 9.17) is 4.11 Å². The average Bonchev–Trinajstić information content (AvgIpc) is 2.47. The van der Waals surface area contributed by atoms with Crippen molar-refractivity contribution < 1.29 is 8.68 Å². The summed E-state index contributed by atoms with van der Waals surface area (Å²) < 4.78 is 24.5. The topological polar surface area (TPSA) is 7.12 Å². The van der Waals surface area contributed by atoms with Crippen molar-refractivity contribution in [3.63, 3.8) is 0 Å². The minimum absolute atomic E-state index is 0.0885. The molecule has 0 saturated heterocycles. The van der Waals surface area contributed by atoms with Gasteiger partial charge in [0, 0.05) is 15.4 Å². The van der Waals surface area contributed by atoms with Crippen LogP contribution in [0.4, 0.5) is 5.69 Å². The SMILES string of the molecule is [2H]C([2H])([2H])c1ccc(B2C=Cc3ccccc3N2C)[n+](C)c1. The van der Waals surface area contributed by atoms with E-state index >= 15 is 0 Å². The number of hydrogen-bond acceptors (Lipinski definition) is 1. The summed E-state index contributed by atoms with van der Waals surface area (Å²) in [7, 11) is 3.96. The Hall–Kier alpha value is -2.03. The van der Waals surface area contributed by atoms with Gasteiger partial charge in [0.15, 0.2) is 11.8 Å². The minimum Gasteiger partial charge on any atom is -0.405 e. The molecule has 0 spiro atoms. The number of anilines is 1. The normalized spacial score (nSPS) is 16.6. The van der Waals surface area contributed by atoms with Gasteiger partial charge in [-0.25, -0.2) is 4.57 Å². The van der Waals surface area contributed by atoms with E-state index in [1.165, 1.54) is 11.3 Å². The molecule has 0 fully saturated rings. The third-order valence-corrected chi connectivity index (χ3v) is 3.67. The fourth-order valence-electron chi connectivity index (χ4n) is 2.65. The Labute approximate surface area is 119 Å². The Morgan fingerprint density at radius 2 is 2.05 bits per heavy atom. The quantitative estimate of drug-likeness (QED) is 0.553. The highest BCUT2D eigenvalue weighted by Crippen LogP contribution is 2.25. The molecule has 1 aliphatic rings. The number of aryl methyl sites for hydroxylation is 2. The zero-order chi connectivity index (χ0) is 15.9. The summed E-state index contributed by atoms with van der Waals surface area (Å²) >= 11 is 0. The lowest BCUT2D eigenvalue weighted by Gasteiger charge is -2.28. The summed E-state index contributed by atoms with van der Waals surface area (Å²) in [6.45, 7) is -1.98. The van der Waals surface area contributed by atoms with E-state index < -0.39 is 6.85 Å². The molecule has 0 radical (unpaired) electrons. The fourth-order valence-corrected chi connectivity index (χ4v) is 2.65. The molecule has 3 heteroatoms. The van der Waals surface area contributed by atoms with Crippen molar-refractivity contribution >= 4 is 24.2 Å². The average molecular weight is 252 g/mol. The highest BCUT2D eigenvalue weighted by atomic mass is 15.1. The van der Waals surface area contributed by atoms with Gasteiger partial charge in [-0.15, -0.1) is 0 Å². The zero-order valence-electron chi connectivity index (χ0n) is 14.2. The smallest absolute Gasteiger partial charge is 0.396 e. The molecule has 1 aliphatic heterocycles. The predicted molar refractivity (Wildman–Crippen MR) is 81.6 cm³/mol. The van der Waals surface area contributed by atoms with Crippen LogP contribution < -0.4 is 15.0 Å². The van der Waals surface area contributed by atoms with Crippen LogP contribution in [0.3, 0.4) is 0 Å². The molecule has 19 heavy (non-hydrogen) atoms. The zero-order valence-corrected chi connectivity index (χ0v) is 11.2. The number of nitrogens with zero attached hydrogens (tertiary/aromatic N) is 2. The third kappa shape index (κ3) is 2.05. The molecule has 0 N–H and O–H groups in total. The lowest BCUT2D eigenvalue weighted by Crippen LogP contribution is -2.60. The van der Waals surface area contributed by atoms with E-state index in [2.05, 4.69) is 36.0 Å². The van der Waals surface area contributed by atoms with Crippen LogP contribution in [0.5, 0.6) is 0 Å². The van der Waals surface area contributed by atoms with E-state index in [1.54, 1.807) is 12.3 Å². The summed E-state index contributed by atoms with van der Waals surface area (Å²) in [5.74, 6) is 2.15. The number of benzene rings is 1. The Morgan fingerprint density at radius 1 is 1.21 bits per heavy atom. The summed E-state index contributed by atoms with van der Waals surface area (Å²) in [6, 6.07) is 11.9. The van der Waals surface area contributed by atoms with Gasteiger partial charge in [0.05, 0.1) is 0 Å². The largest absolute Gasteiger partial charge is 0.405 e. The molecule has 0 saturated carbocycles. The molecule has 0 amide bonds. The number of pyridine rings is 1. The van der Waals surface area contributed by atoms with Crippen LogP contribution in [-0.2, 0) is 7.05 Å². The van der Waals surface area contributed by atoms with E-state index in [1.807, 2.05) is 29.8 Å². The van der Waals surface area contributed by atoms with Gasteiger partial charge < -0.3 is 4.81 Å². The van der Waals surface area contributed by atoms with Gasteiger partial charge >= 0.3 is 6.85 Å². The summed E-state index contributed by atoms with van der Waals surface area (Å²) in [6.07, 6.45) is 3.82. The predicted octanol–water partition coefficient (Wildman–Crippen LogP) is 1.72. The van der Waals surface area contributed by atoms with E-state index in [0.29, 0.717) is 5.56 Å². The molecule has 0 unspecified atom stereocenters. The minimum atomic E-state index is -2.07. The van der Waals surface area contributed by atoms with Crippen LogP contribution in [0.1, 0.15) is 15.2 Å². The first kappa shape index (κ1) is 8.97. The van der Waals surface area contributed by atoms with Crippen molar-refractivity contribution in [1.82, 2.24) is 0 Å². The molecule has 2 heterocycles. The second kappa shape index (κ2) is 4.58. The molecule has 94 valence electrons. The number of rotatable bonds is 1. The molecule has 1 aromatic carbocycles. The van der Waals surface area contributed by atoms with Crippen LogP contribution in [0.2, 0.25) is 0 Å². The van der Waals surface area contributed by atoms with Gasteiger partial charge in [-0.1, -0.05) is 30.3 Å². The van der Waals surface area contributed by atoms with E-state index in [0.717, 1.165) is 5.59 Å².